The van der Waals surface area contributed by atoms with Gasteiger partial charge in [-0.3, -0.25) is 4.90 Å². The first-order valence-corrected chi connectivity index (χ1v) is 12.0. The van der Waals surface area contributed by atoms with Crippen LogP contribution < -0.4 is 4.72 Å². The van der Waals surface area contributed by atoms with E-state index >= 15 is 0 Å². The molecule has 0 aromatic heterocycles. The highest BCUT2D eigenvalue weighted by Crippen LogP contribution is 2.30. The maximum Gasteiger partial charge on any atom is 0.241 e. The molecule has 1 aromatic rings. The Bertz CT molecular complexity index is 878. The fraction of sp³-hybridized carbons (Fsp3) is 0.647. The predicted octanol–water partition coefficient (Wildman–Crippen LogP) is 1.61. The van der Waals surface area contributed by atoms with Crippen molar-refractivity contribution in [3.8, 4) is 0 Å². The van der Waals surface area contributed by atoms with Crippen LogP contribution in [0.15, 0.2) is 21.9 Å². The first-order chi connectivity index (χ1) is 11.6. The van der Waals surface area contributed by atoms with E-state index in [1.165, 1.54) is 12.5 Å². The predicted molar refractivity (Wildman–Crippen MR) is 97.0 cm³/mol. The summed E-state index contributed by atoms with van der Waals surface area (Å²) in [5.41, 5.74) is 0.913. The van der Waals surface area contributed by atoms with Crippen LogP contribution in [0.3, 0.4) is 0 Å². The molecule has 2 atom stereocenters. The van der Waals surface area contributed by atoms with Crippen molar-refractivity contribution >= 4 is 19.9 Å². The van der Waals surface area contributed by atoms with Crippen molar-refractivity contribution in [1.82, 2.24) is 9.62 Å². The van der Waals surface area contributed by atoms with Crippen LogP contribution in [0.1, 0.15) is 36.8 Å². The molecule has 2 heterocycles. The number of rotatable bonds is 4. The highest BCUT2D eigenvalue weighted by atomic mass is 32.2. The van der Waals surface area contributed by atoms with Gasteiger partial charge in [0.1, 0.15) is 0 Å². The molecular formula is C17H26N2O4S2. The average Bonchev–Trinajstić information content (AvgIpc) is 2.91. The number of nitrogens with zero attached hydrogens (tertiary/aromatic N) is 1. The number of piperidine rings is 1. The van der Waals surface area contributed by atoms with Gasteiger partial charge in [0.05, 0.1) is 9.79 Å². The summed E-state index contributed by atoms with van der Waals surface area (Å²) < 4.78 is 52.8. The quantitative estimate of drug-likeness (QED) is 0.850. The zero-order valence-corrected chi connectivity index (χ0v) is 16.6. The molecule has 2 aliphatic rings. The molecule has 2 saturated heterocycles. The van der Waals surface area contributed by atoms with Crippen LogP contribution in [0.5, 0.6) is 0 Å². The molecule has 8 heteroatoms. The minimum atomic E-state index is -3.77. The second kappa shape index (κ2) is 6.64. The number of hydrogen-bond donors (Lipinski definition) is 1. The minimum Gasteiger partial charge on any atom is -0.299 e. The van der Waals surface area contributed by atoms with Crippen LogP contribution in [0.2, 0.25) is 0 Å². The Labute approximate surface area is 150 Å². The molecule has 2 fully saturated rings. The van der Waals surface area contributed by atoms with E-state index < -0.39 is 19.9 Å². The summed E-state index contributed by atoms with van der Waals surface area (Å²) in [5, 5.41) is 0. The third kappa shape index (κ3) is 3.77. The second-order valence-electron chi connectivity index (χ2n) is 7.27. The van der Waals surface area contributed by atoms with Gasteiger partial charge in [0, 0.05) is 24.9 Å². The number of sulfone groups is 1. The molecule has 140 valence electrons. The van der Waals surface area contributed by atoms with E-state index in [0.717, 1.165) is 38.6 Å². The van der Waals surface area contributed by atoms with Gasteiger partial charge in [-0.05, 0) is 62.9 Å². The molecule has 3 rings (SSSR count). The van der Waals surface area contributed by atoms with Crippen LogP contribution in [-0.2, 0) is 19.9 Å². The van der Waals surface area contributed by atoms with E-state index in [1.54, 1.807) is 19.9 Å². The van der Waals surface area contributed by atoms with Crippen LogP contribution in [0, 0.1) is 13.8 Å². The molecule has 25 heavy (non-hydrogen) atoms. The summed E-state index contributed by atoms with van der Waals surface area (Å²) in [6, 6.07) is 3.23. The lowest BCUT2D eigenvalue weighted by Gasteiger charge is -2.32. The molecule has 2 unspecified atom stereocenters. The summed E-state index contributed by atoms with van der Waals surface area (Å²) in [5.74, 6) is 0. The van der Waals surface area contributed by atoms with Crippen molar-refractivity contribution in [2.24, 2.45) is 0 Å². The number of sulfonamides is 1. The van der Waals surface area contributed by atoms with Gasteiger partial charge in [-0.15, -0.1) is 0 Å². The van der Waals surface area contributed by atoms with Crippen molar-refractivity contribution in [3.05, 3.63) is 23.3 Å². The number of benzene rings is 1. The first kappa shape index (κ1) is 18.8. The van der Waals surface area contributed by atoms with Crippen molar-refractivity contribution in [2.45, 2.75) is 61.4 Å². The lowest BCUT2D eigenvalue weighted by atomic mass is 10.00. The second-order valence-corrected chi connectivity index (χ2v) is 10.9. The fourth-order valence-electron chi connectivity index (χ4n) is 4.11. The van der Waals surface area contributed by atoms with Crippen molar-refractivity contribution in [2.75, 3.05) is 19.3 Å². The molecule has 0 radical (unpaired) electrons. The fourth-order valence-corrected chi connectivity index (χ4v) is 6.89. The van der Waals surface area contributed by atoms with Gasteiger partial charge in [0.25, 0.3) is 0 Å². The summed E-state index contributed by atoms with van der Waals surface area (Å²) in [4.78, 5) is 2.52. The van der Waals surface area contributed by atoms with Crippen LogP contribution >= 0.6 is 0 Å². The van der Waals surface area contributed by atoms with Gasteiger partial charge in [-0.1, -0.05) is 6.42 Å². The third-order valence-electron chi connectivity index (χ3n) is 5.31. The molecule has 0 spiro atoms. The Hall–Kier alpha value is -0.960. The first-order valence-electron chi connectivity index (χ1n) is 8.67. The van der Waals surface area contributed by atoms with Gasteiger partial charge >= 0.3 is 0 Å². The van der Waals surface area contributed by atoms with Gasteiger partial charge in [-0.25, -0.2) is 21.6 Å². The Balaban J connectivity index is 1.94. The lowest BCUT2D eigenvalue weighted by molar-refractivity contribution is 0.186. The van der Waals surface area contributed by atoms with Crippen molar-refractivity contribution in [3.63, 3.8) is 0 Å². The molecule has 0 aliphatic carbocycles. The Morgan fingerprint density at radius 1 is 1.00 bits per heavy atom. The number of aryl methyl sites for hydroxylation is 1. The highest BCUT2D eigenvalue weighted by Gasteiger charge is 2.38. The van der Waals surface area contributed by atoms with Crippen molar-refractivity contribution in [1.29, 1.82) is 0 Å². The minimum absolute atomic E-state index is 0.0715. The topological polar surface area (TPSA) is 83.5 Å². The smallest absolute Gasteiger partial charge is 0.241 e. The van der Waals surface area contributed by atoms with Crippen LogP contribution in [0.4, 0.5) is 0 Å². The Kier molecular flexibility index (Phi) is 5.00. The summed E-state index contributed by atoms with van der Waals surface area (Å²) >= 11 is 0. The van der Waals surface area contributed by atoms with Crippen LogP contribution in [-0.4, -0.2) is 53.2 Å². The summed E-state index contributed by atoms with van der Waals surface area (Å²) in [7, 11) is -7.26. The van der Waals surface area contributed by atoms with Gasteiger partial charge in [0.15, 0.2) is 9.84 Å². The maximum atomic E-state index is 13.0. The SMILES string of the molecule is Cc1cc(S(C)(=O)=O)c(C)c(S(=O)(=O)NC2CCN3CCCCC23)c1. The van der Waals surface area contributed by atoms with E-state index in [2.05, 4.69) is 9.62 Å². The number of hydrogen-bond acceptors (Lipinski definition) is 5. The molecule has 0 bridgehead atoms. The maximum absolute atomic E-state index is 13.0. The lowest BCUT2D eigenvalue weighted by Crippen LogP contribution is -2.46. The van der Waals surface area contributed by atoms with Crippen LogP contribution in [0.25, 0.3) is 0 Å². The van der Waals surface area contributed by atoms with Gasteiger partial charge in [0.2, 0.25) is 10.0 Å². The van der Waals surface area contributed by atoms with Gasteiger partial charge < -0.3 is 0 Å². The molecule has 1 N–H and O–H groups in total. The Morgan fingerprint density at radius 3 is 2.36 bits per heavy atom. The highest BCUT2D eigenvalue weighted by molar-refractivity contribution is 7.91. The molecular weight excluding hydrogens is 360 g/mol. The summed E-state index contributed by atoms with van der Waals surface area (Å²) in [6.07, 6.45) is 5.21. The summed E-state index contributed by atoms with van der Waals surface area (Å²) in [6.45, 7) is 5.22. The normalized spacial score (nSPS) is 25.1. The largest absolute Gasteiger partial charge is 0.299 e. The number of fused-ring (bicyclic) bond motifs is 1. The third-order valence-corrected chi connectivity index (χ3v) is 8.15. The zero-order valence-electron chi connectivity index (χ0n) is 14.9. The zero-order chi connectivity index (χ0) is 18.4. The number of nitrogens with one attached hydrogen (secondary N) is 1. The van der Waals surface area contributed by atoms with E-state index in [1.807, 2.05) is 0 Å². The van der Waals surface area contributed by atoms with E-state index in [-0.39, 0.29) is 21.9 Å². The molecule has 6 nitrogen and oxygen atoms in total. The van der Waals surface area contributed by atoms with E-state index in [9.17, 15) is 16.8 Å². The molecule has 0 saturated carbocycles. The van der Waals surface area contributed by atoms with Gasteiger partial charge in [-0.2, -0.15) is 0 Å². The van der Waals surface area contributed by atoms with E-state index in [0.29, 0.717) is 11.1 Å². The standard InChI is InChI=1S/C17H26N2O4S2/c1-12-10-16(24(3,20)21)13(2)17(11-12)25(22,23)18-14-7-9-19-8-5-4-6-15(14)19/h10-11,14-15,18H,4-9H2,1-3H3. The Morgan fingerprint density at radius 2 is 1.68 bits per heavy atom. The van der Waals surface area contributed by atoms with E-state index in [4.69, 9.17) is 0 Å². The molecule has 0 amide bonds. The van der Waals surface area contributed by atoms with Crippen molar-refractivity contribution < 1.29 is 16.8 Å². The molecule has 2 aliphatic heterocycles. The molecule has 1 aromatic carbocycles. The average molecular weight is 387 g/mol. The monoisotopic (exact) mass is 386 g/mol.